The van der Waals surface area contributed by atoms with Crippen molar-refractivity contribution in [3.8, 4) is 5.75 Å². The summed E-state index contributed by atoms with van der Waals surface area (Å²) < 4.78 is 25.1. The predicted octanol–water partition coefficient (Wildman–Crippen LogP) is 1.64. The summed E-state index contributed by atoms with van der Waals surface area (Å²) in [6.07, 6.45) is 0.791. The van der Waals surface area contributed by atoms with Crippen molar-refractivity contribution in [1.82, 2.24) is 4.90 Å². The maximum Gasteiger partial charge on any atom is 0.239 e. The van der Waals surface area contributed by atoms with Crippen LogP contribution >= 0.6 is 0 Å². The minimum atomic E-state index is -4.45. The molecular formula is C21H27N3O5S. The van der Waals surface area contributed by atoms with Crippen molar-refractivity contribution in [2.24, 2.45) is 11.5 Å². The van der Waals surface area contributed by atoms with Crippen molar-refractivity contribution in [2.45, 2.75) is 54.8 Å². The average Bonchev–Trinajstić information content (AvgIpc) is 3.07. The Balaban J connectivity index is 2.12. The van der Waals surface area contributed by atoms with Crippen LogP contribution in [-0.2, 0) is 19.4 Å². The summed E-state index contributed by atoms with van der Waals surface area (Å²) in [6, 6.07) is 9.61. The van der Waals surface area contributed by atoms with Crippen LogP contribution in [0.2, 0.25) is 0 Å². The molecule has 8 nitrogen and oxygen atoms in total. The lowest BCUT2D eigenvalue weighted by atomic mass is 9.92. The molecular weight excluding hydrogens is 406 g/mol. The van der Waals surface area contributed by atoms with Crippen LogP contribution < -0.4 is 11.5 Å². The zero-order chi connectivity index (χ0) is 22.3. The number of fused-ring (bicyclic) bond motifs is 1. The van der Waals surface area contributed by atoms with Crippen molar-refractivity contribution in [1.29, 1.82) is 0 Å². The van der Waals surface area contributed by atoms with Gasteiger partial charge in [0, 0.05) is 19.4 Å². The van der Waals surface area contributed by atoms with Crippen LogP contribution in [0, 0.1) is 0 Å². The molecule has 2 aromatic carbocycles. The highest BCUT2D eigenvalue weighted by molar-refractivity contribution is 7.93. The van der Waals surface area contributed by atoms with E-state index in [9.17, 15) is 23.1 Å². The number of benzene rings is 2. The number of hydrogen-bond acceptors (Lipinski definition) is 6. The van der Waals surface area contributed by atoms with E-state index in [1.807, 2.05) is 0 Å². The minimum Gasteiger partial charge on any atom is -0.507 e. The molecule has 2 amide bonds. The molecule has 1 heterocycles. The van der Waals surface area contributed by atoms with Crippen LogP contribution in [0.15, 0.2) is 41.3 Å². The van der Waals surface area contributed by atoms with Gasteiger partial charge in [0.1, 0.15) is 10.6 Å². The lowest BCUT2D eigenvalue weighted by Crippen LogP contribution is -2.62. The minimum absolute atomic E-state index is 0.213. The second-order valence-corrected chi connectivity index (χ2v) is 10.4. The summed E-state index contributed by atoms with van der Waals surface area (Å²) in [5.74, 6) is -1.77. The van der Waals surface area contributed by atoms with Gasteiger partial charge < -0.3 is 21.5 Å². The van der Waals surface area contributed by atoms with Gasteiger partial charge in [0.25, 0.3) is 0 Å². The molecule has 30 heavy (non-hydrogen) atoms. The van der Waals surface area contributed by atoms with Crippen LogP contribution in [-0.4, -0.2) is 47.2 Å². The number of aromatic hydroxyl groups is 1. The standard InChI is InChI=1S/C21H27N3O5S/c1-3-18(26)24-10-6-9-21(24,23)13-20(2,19(22)27)30(28,29)17-12-15-8-5-4-7-14(15)11-16(17)25/h4-5,7-8,11-12,25H,3,6,9-10,13,23H2,1-2H3,(H2,22,27). The van der Waals surface area contributed by atoms with Crippen LogP contribution in [0.1, 0.15) is 39.5 Å². The van der Waals surface area contributed by atoms with E-state index in [1.165, 1.54) is 24.0 Å². The molecule has 1 saturated heterocycles. The maximum absolute atomic E-state index is 13.6. The van der Waals surface area contributed by atoms with Crippen LogP contribution in [0.25, 0.3) is 10.8 Å². The zero-order valence-corrected chi connectivity index (χ0v) is 17.9. The normalized spacial score (nSPS) is 21.5. The van der Waals surface area contributed by atoms with Crippen molar-refractivity contribution in [3.63, 3.8) is 0 Å². The third-order valence-electron chi connectivity index (χ3n) is 6.01. The fourth-order valence-corrected chi connectivity index (χ4v) is 6.02. The van der Waals surface area contributed by atoms with Crippen LogP contribution in [0.5, 0.6) is 5.75 Å². The number of sulfone groups is 1. The Morgan fingerprint density at radius 2 is 1.83 bits per heavy atom. The smallest absolute Gasteiger partial charge is 0.239 e. The topological polar surface area (TPSA) is 144 Å². The molecule has 162 valence electrons. The van der Waals surface area contributed by atoms with E-state index >= 15 is 0 Å². The van der Waals surface area contributed by atoms with Gasteiger partial charge in [-0.05, 0) is 42.7 Å². The van der Waals surface area contributed by atoms with Crippen molar-refractivity contribution in [3.05, 3.63) is 36.4 Å². The van der Waals surface area contributed by atoms with Crippen molar-refractivity contribution >= 4 is 32.4 Å². The third-order valence-corrected chi connectivity index (χ3v) is 8.44. The van der Waals surface area contributed by atoms with E-state index in [4.69, 9.17) is 11.5 Å². The van der Waals surface area contributed by atoms with Crippen LogP contribution in [0.3, 0.4) is 0 Å². The van der Waals surface area contributed by atoms with Crippen LogP contribution in [0.4, 0.5) is 0 Å². The number of phenols is 1. The average molecular weight is 434 g/mol. The van der Waals surface area contributed by atoms with E-state index in [2.05, 4.69) is 0 Å². The summed E-state index contributed by atoms with van der Waals surface area (Å²) in [7, 11) is -4.45. The predicted molar refractivity (Wildman–Crippen MR) is 113 cm³/mol. The number of carbonyl (C=O) groups excluding carboxylic acids is 2. The monoisotopic (exact) mass is 433 g/mol. The Morgan fingerprint density at radius 1 is 1.23 bits per heavy atom. The maximum atomic E-state index is 13.6. The van der Waals surface area contributed by atoms with E-state index in [0.717, 1.165) is 0 Å². The Morgan fingerprint density at radius 3 is 2.40 bits per heavy atom. The van der Waals surface area contributed by atoms with Gasteiger partial charge in [-0.1, -0.05) is 31.2 Å². The number of nitrogens with zero attached hydrogens (tertiary/aromatic N) is 1. The molecule has 2 unspecified atom stereocenters. The Kier molecular flexibility index (Phi) is 5.55. The number of primary amides is 1. The molecule has 0 spiro atoms. The Labute approximate surface area is 175 Å². The molecule has 1 aliphatic rings. The van der Waals surface area contributed by atoms with Crippen molar-refractivity contribution in [2.75, 3.05) is 6.54 Å². The molecule has 0 saturated carbocycles. The lowest BCUT2D eigenvalue weighted by molar-refractivity contribution is -0.136. The third kappa shape index (κ3) is 3.41. The molecule has 5 N–H and O–H groups in total. The molecule has 3 rings (SSSR count). The quantitative estimate of drug-likeness (QED) is 0.632. The fourth-order valence-electron chi connectivity index (χ4n) is 4.21. The van der Waals surface area contributed by atoms with E-state index in [0.29, 0.717) is 30.2 Å². The van der Waals surface area contributed by atoms with Gasteiger partial charge in [-0.15, -0.1) is 0 Å². The highest BCUT2D eigenvalue weighted by atomic mass is 32.2. The zero-order valence-electron chi connectivity index (χ0n) is 17.1. The van der Waals surface area contributed by atoms with Gasteiger partial charge in [-0.2, -0.15) is 0 Å². The largest absolute Gasteiger partial charge is 0.507 e. The first-order valence-corrected chi connectivity index (χ1v) is 11.3. The number of phenolic OH excluding ortho intramolecular Hbond substituents is 1. The second-order valence-electron chi connectivity index (χ2n) is 8.05. The molecule has 0 aromatic heterocycles. The fraction of sp³-hybridized carbons (Fsp3) is 0.429. The van der Waals surface area contributed by atoms with Gasteiger partial charge in [-0.25, -0.2) is 8.42 Å². The molecule has 1 aliphatic heterocycles. The number of rotatable bonds is 6. The molecule has 0 bridgehead atoms. The number of nitrogens with two attached hydrogens (primary N) is 2. The number of hydrogen-bond donors (Lipinski definition) is 3. The molecule has 0 aliphatic carbocycles. The van der Waals surface area contributed by atoms with Crippen molar-refractivity contribution < 1.29 is 23.1 Å². The molecule has 0 radical (unpaired) electrons. The first-order chi connectivity index (χ1) is 14.0. The SMILES string of the molecule is CCC(=O)N1CCCC1(N)CC(C)(C(N)=O)S(=O)(=O)c1cc2ccccc2cc1O. The molecule has 2 aromatic rings. The van der Waals surface area contributed by atoms with Gasteiger partial charge in [0.05, 0.1) is 5.66 Å². The van der Waals surface area contributed by atoms with Gasteiger partial charge >= 0.3 is 0 Å². The lowest BCUT2D eigenvalue weighted by Gasteiger charge is -2.40. The first kappa shape index (κ1) is 22.0. The molecule has 1 fully saturated rings. The van der Waals surface area contributed by atoms with Gasteiger partial charge in [0.2, 0.25) is 11.8 Å². The first-order valence-electron chi connectivity index (χ1n) is 9.82. The van der Waals surface area contributed by atoms with E-state index in [1.54, 1.807) is 31.2 Å². The summed E-state index contributed by atoms with van der Waals surface area (Å²) in [6.45, 7) is 3.29. The van der Waals surface area contributed by atoms with E-state index < -0.39 is 36.8 Å². The Hall–Kier alpha value is -2.65. The number of likely N-dealkylation sites (tertiary alicyclic amines) is 1. The highest BCUT2D eigenvalue weighted by Gasteiger charge is 2.54. The summed E-state index contributed by atoms with van der Waals surface area (Å²) in [4.78, 5) is 25.9. The van der Waals surface area contributed by atoms with Gasteiger partial charge in [0.15, 0.2) is 14.6 Å². The number of amides is 2. The summed E-state index contributed by atoms with van der Waals surface area (Å²) in [5, 5.41) is 11.7. The van der Waals surface area contributed by atoms with Gasteiger partial charge in [-0.3, -0.25) is 9.59 Å². The number of carbonyl (C=O) groups is 2. The second kappa shape index (κ2) is 7.55. The Bertz CT molecular complexity index is 1120. The van der Waals surface area contributed by atoms with E-state index in [-0.39, 0.29) is 18.7 Å². The highest BCUT2D eigenvalue weighted by Crippen LogP contribution is 2.41. The summed E-state index contributed by atoms with van der Waals surface area (Å²) >= 11 is 0. The summed E-state index contributed by atoms with van der Waals surface area (Å²) in [5.41, 5.74) is 10.7. The molecule has 9 heteroatoms. The molecule has 2 atom stereocenters.